The number of aromatic nitrogens is 2. The lowest BCUT2D eigenvalue weighted by atomic mass is 9.98. The Labute approximate surface area is 269 Å². The number of ether oxygens (including phenoxy) is 2. The number of Topliss-reactive ketones (excluding diaryl/α,β-unsaturated/α-hetero) is 1. The molecule has 0 saturated carbocycles. The van der Waals surface area contributed by atoms with Crippen LogP contribution in [0.15, 0.2) is 47.8 Å². The monoisotopic (exact) mass is 628 g/mol. The summed E-state index contributed by atoms with van der Waals surface area (Å²) in [5.41, 5.74) is 5.20. The van der Waals surface area contributed by atoms with Crippen LogP contribution in [0.2, 0.25) is 0 Å². The van der Waals surface area contributed by atoms with Crippen molar-refractivity contribution < 1.29 is 19.1 Å². The summed E-state index contributed by atoms with van der Waals surface area (Å²) in [6.45, 7) is 9.83. The topological polar surface area (TPSA) is 133 Å². The van der Waals surface area contributed by atoms with Crippen LogP contribution in [0.25, 0.3) is 10.9 Å². The second-order valence-corrected chi connectivity index (χ2v) is 12.2. The number of amides is 2. The molecule has 2 amide bonds. The standard InChI is InChI=1S/C34H44N8O4/c1-2-31(43)25-5-7-26(8-6-25)38-33-28-19-30(32(20-29(28)35-23-36-33)46-27-11-18-45-22-27)39-34(44)40-37-21-24-9-14-42(15-10-24)17-16-41-12-3-4-13-41/h5-8,19-21,23-24,27H,2-4,9-18,22H2,1H3,(H,35,36,38)(H2,39,40,44)/b37-21+/t27-/m0/s1. The van der Waals surface area contributed by atoms with Gasteiger partial charge < -0.3 is 29.9 Å². The zero-order valence-electron chi connectivity index (χ0n) is 26.5. The minimum Gasteiger partial charge on any atom is -0.486 e. The van der Waals surface area contributed by atoms with Gasteiger partial charge in [-0.2, -0.15) is 5.10 Å². The van der Waals surface area contributed by atoms with Gasteiger partial charge in [0.05, 0.1) is 24.4 Å². The molecule has 1 atom stereocenters. The summed E-state index contributed by atoms with van der Waals surface area (Å²) in [5.74, 6) is 1.48. The lowest BCUT2D eigenvalue weighted by Crippen LogP contribution is -2.39. The molecule has 3 fully saturated rings. The lowest BCUT2D eigenvalue weighted by Gasteiger charge is -2.31. The van der Waals surface area contributed by atoms with E-state index in [-0.39, 0.29) is 11.9 Å². The predicted molar refractivity (Wildman–Crippen MR) is 179 cm³/mol. The molecule has 12 heteroatoms. The van der Waals surface area contributed by atoms with E-state index in [9.17, 15) is 9.59 Å². The fourth-order valence-corrected chi connectivity index (χ4v) is 6.21. The fourth-order valence-electron chi connectivity index (χ4n) is 6.21. The molecule has 3 aliphatic rings. The van der Waals surface area contributed by atoms with Gasteiger partial charge in [0.25, 0.3) is 0 Å². The van der Waals surface area contributed by atoms with Crippen molar-refractivity contribution in [1.82, 2.24) is 25.2 Å². The smallest absolute Gasteiger partial charge is 0.339 e. The Morgan fingerprint density at radius 1 is 1.02 bits per heavy atom. The van der Waals surface area contributed by atoms with E-state index in [2.05, 4.69) is 40.9 Å². The number of urea groups is 1. The number of anilines is 3. The number of hydrogen-bond acceptors (Lipinski definition) is 10. The van der Waals surface area contributed by atoms with Gasteiger partial charge >= 0.3 is 6.03 Å². The van der Waals surface area contributed by atoms with Gasteiger partial charge in [0, 0.05) is 54.8 Å². The van der Waals surface area contributed by atoms with Gasteiger partial charge in [0.2, 0.25) is 0 Å². The molecule has 0 spiro atoms. The number of fused-ring (bicyclic) bond motifs is 1. The predicted octanol–water partition coefficient (Wildman–Crippen LogP) is 5.05. The number of carbonyl (C=O) groups is 2. The van der Waals surface area contributed by atoms with E-state index in [1.807, 2.05) is 25.3 Å². The maximum absolute atomic E-state index is 13.0. The van der Waals surface area contributed by atoms with E-state index in [0.29, 0.717) is 59.3 Å². The van der Waals surface area contributed by atoms with E-state index in [1.165, 1.54) is 32.3 Å². The number of rotatable bonds is 12. The Balaban J connectivity index is 1.10. The molecule has 12 nitrogen and oxygen atoms in total. The maximum atomic E-state index is 13.0. The summed E-state index contributed by atoms with van der Waals surface area (Å²) in [5, 5.41) is 11.2. The number of nitrogens with one attached hydrogen (secondary N) is 3. The molecule has 0 unspecified atom stereocenters. The van der Waals surface area contributed by atoms with Gasteiger partial charge in [-0.1, -0.05) is 6.92 Å². The van der Waals surface area contributed by atoms with Crippen molar-refractivity contribution in [3.63, 3.8) is 0 Å². The van der Waals surface area contributed by atoms with Gasteiger partial charge in [-0.15, -0.1) is 0 Å². The van der Waals surface area contributed by atoms with Gasteiger partial charge in [-0.05, 0) is 88.1 Å². The minimum absolute atomic E-state index is 0.0891. The SMILES string of the molecule is CCC(=O)c1ccc(Nc2ncnc3cc(O[C@H]4CCOC4)c(NC(=O)N/N=C/C4CCN(CCN5CCCC5)CC4)cc23)cc1. The molecule has 3 aliphatic heterocycles. The molecule has 3 N–H and O–H groups in total. The summed E-state index contributed by atoms with van der Waals surface area (Å²) in [4.78, 5) is 39.1. The van der Waals surface area contributed by atoms with Crippen molar-refractivity contribution in [2.24, 2.45) is 11.0 Å². The second-order valence-electron chi connectivity index (χ2n) is 12.2. The zero-order valence-corrected chi connectivity index (χ0v) is 26.5. The van der Waals surface area contributed by atoms with Crippen LogP contribution < -0.4 is 20.8 Å². The zero-order chi connectivity index (χ0) is 31.7. The largest absolute Gasteiger partial charge is 0.486 e. The van der Waals surface area contributed by atoms with Crippen LogP contribution in [-0.4, -0.2) is 96.4 Å². The van der Waals surface area contributed by atoms with Crippen molar-refractivity contribution in [2.75, 3.05) is 63.1 Å². The summed E-state index contributed by atoms with van der Waals surface area (Å²) >= 11 is 0. The number of ketones is 1. The third-order valence-electron chi connectivity index (χ3n) is 8.97. The first-order valence-electron chi connectivity index (χ1n) is 16.5. The van der Waals surface area contributed by atoms with Gasteiger partial charge in [-0.25, -0.2) is 20.2 Å². The van der Waals surface area contributed by atoms with E-state index in [1.54, 1.807) is 24.3 Å². The Kier molecular flexibility index (Phi) is 10.7. The summed E-state index contributed by atoms with van der Waals surface area (Å²) in [6, 6.07) is 10.4. The first-order chi connectivity index (χ1) is 22.5. The number of benzene rings is 2. The highest BCUT2D eigenvalue weighted by Gasteiger charge is 2.22. The average Bonchev–Trinajstić information content (AvgIpc) is 3.80. The van der Waals surface area contributed by atoms with E-state index >= 15 is 0 Å². The van der Waals surface area contributed by atoms with Crippen LogP contribution in [0, 0.1) is 5.92 Å². The highest BCUT2D eigenvalue weighted by atomic mass is 16.5. The molecular weight excluding hydrogens is 584 g/mol. The van der Waals surface area contributed by atoms with Crippen LogP contribution in [0.5, 0.6) is 5.75 Å². The molecular formula is C34H44N8O4. The number of hydrazone groups is 1. The van der Waals surface area contributed by atoms with Crippen LogP contribution in [0.3, 0.4) is 0 Å². The Morgan fingerprint density at radius 3 is 2.50 bits per heavy atom. The first kappa shape index (κ1) is 31.8. The quantitative estimate of drug-likeness (QED) is 0.143. The van der Waals surface area contributed by atoms with Crippen LogP contribution in [-0.2, 0) is 4.74 Å². The second kappa shape index (κ2) is 15.4. The number of piperidine rings is 1. The fraction of sp³-hybridized carbons (Fsp3) is 0.500. The van der Waals surface area contributed by atoms with Crippen molar-refractivity contribution in [3.05, 3.63) is 48.3 Å². The Bertz CT molecular complexity index is 1510. The third-order valence-corrected chi connectivity index (χ3v) is 8.97. The molecule has 3 saturated heterocycles. The lowest BCUT2D eigenvalue weighted by molar-refractivity contribution is 0.0988. The van der Waals surface area contributed by atoms with Crippen LogP contribution >= 0.6 is 0 Å². The van der Waals surface area contributed by atoms with Crippen molar-refractivity contribution in [1.29, 1.82) is 0 Å². The summed E-state index contributed by atoms with van der Waals surface area (Å²) in [6.07, 6.45) is 9.16. The normalized spacial score (nSPS) is 19.5. The molecule has 46 heavy (non-hydrogen) atoms. The molecule has 0 bridgehead atoms. The minimum atomic E-state index is -0.464. The molecule has 2 aromatic carbocycles. The molecule has 0 aliphatic carbocycles. The molecule has 1 aromatic heterocycles. The number of hydrogen-bond donors (Lipinski definition) is 3. The van der Waals surface area contributed by atoms with Crippen molar-refractivity contribution >= 4 is 46.1 Å². The van der Waals surface area contributed by atoms with Gasteiger partial charge in [-0.3, -0.25) is 4.79 Å². The van der Waals surface area contributed by atoms with E-state index in [0.717, 1.165) is 51.1 Å². The molecule has 4 heterocycles. The highest BCUT2D eigenvalue weighted by Crippen LogP contribution is 2.34. The van der Waals surface area contributed by atoms with Crippen molar-refractivity contribution in [2.45, 2.75) is 51.6 Å². The van der Waals surface area contributed by atoms with Gasteiger partial charge in [0.1, 0.15) is 24.0 Å². The van der Waals surface area contributed by atoms with E-state index in [4.69, 9.17) is 9.47 Å². The van der Waals surface area contributed by atoms with Gasteiger partial charge in [0.15, 0.2) is 5.78 Å². The van der Waals surface area contributed by atoms with Crippen LogP contribution in [0.4, 0.5) is 22.0 Å². The Hall–Kier alpha value is -4.13. The van der Waals surface area contributed by atoms with Crippen LogP contribution in [0.1, 0.15) is 55.8 Å². The average molecular weight is 629 g/mol. The summed E-state index contributed by atoms with van der Waals surface area (Å²) in [7, 11) is 0. The number of carbonyl (C=O) groups excluding carboxylic acids is 2. The number of nitrogens with zero attached hydrogens (tertiary/aromatic N) is 5. The molecule has 0 radical (unpaired) electrons. The van der Waals surface area contributed by atoms with Crippen molar-refractivity contribution in [3.8, 4) is 5.75 Å². The molecule has 244 valence electrons. The highest BCUT2D eigenvalue weighted by molar-refractivity contribution is 5.99. The Morgan fingerprint density at radius 2 is 1.78 bits per heavy atom. The van der Waals surface area contributed by atoms with E-state index < -0.39 is 6.03 Å². The molecule has 3 aromatic rings. The maximum Gasteiger partial charge on any atom is 0.339 e. The number of likely N-dealkylation sites (tertiary alicyclic amines) is 2. The third kappa shape index (κ3) is 8.36. The first-order valence-corrected chi connectivity index (χ1v) is 16.5. The summed E-state index contributed by atoms with van der Waals surface area (Å²) < 4.78 is 11.8. The molecule has 6 rings (SSSR count).